The highest BCUT2D eigenvalue weighted by atomic mass is 19.4. The summed E-state index contributed by atoms with van der Waals surface area (Å²) in [6.45, 7) is -0.508. The van der Waals surface area contributed by atoms with Gasteiger partial charge in [0.15, 0.2) is 11.5 Å². The molecule has 1 aliphatic heterocycles. The zero-order valence-corrected chi connectivity index (χ0v) is 18.3. The van der Waals surface area contributed by atoms with Crippen molar-refractivity contribution in [1.29, 1.82) is 0 Å². The summed E-state index contributed by atoms with van der Waals surface area (Å²) in [4.78, 5) is 45.8. The van der Waals surface area contributed by atoms with Crippen LogP contribution in [0.1, 0.15) is 42.7 Å². The summed E-state index contributed by atoms with van der Waals surface area (Å²) >= 11 is 0. The molecule has 3 heterocycles. The smallest absolute Gasteiger partial charge is 0.433 e. The molecule has 0 atom stereocenters. The molecule has 2 amide bonds. The third-order valence-electron chi connectivity index (χ3n) is 5.64. The molecule has 5 rings (SSSR count). The Morgan fingerprint density at radius 1 is 1.00 bits per heavy atom. The average molecular weight is 497 g/mol. The summed E-state index contributed by atoms with van der Waals surface area (Å²) in [6, 6.07) is 10.8. The molecular weight excluding hydrogens is 483 g/mol. The fourth-order valence-corrected chi connectivity index (χ4v) is 3.97. The molecule has 0 spiro atoms. The normalized spacial score (nSPS) is 13.4. The van der Waals surface area contributed by atoms with Gasteiger partial charge in [-0.15, -0.1) is 0 Å². The van der Waals surface area contributed by atoms with Crippen molar-refractivity contribution in [2.75, 3.05) is 7.11 Å². The summed E-state index contributed by atoms with van der Waals surface area (Å²) in [6.07, 6.45) is -4.70. The van der Waals surface area contributed by atoms with Crippen LogP contribution in [0.3, 0.4) is 0 Å². The number of halogens is 3. The van der Waals surface area contributed by atoms with Crippen LogP contribution in [0.2, 0.25) is 0 Å². The van der Waals surface area contributed by atoms with Gasteiger partial charge in [-0.3, -0.25) is 14.5 Å². The molecular formula is C24H14F3N3O6. The molecule has 9 nitrogen and oxygen atoms in total. The molecule has 0 radical (unpaired) electrons. The van der Waals surface area contributed by atoms with Crippen LogP contribution in [-0.4, -0.2) is 44.9 Å². The van der Waals surface area contributed by atoms with Gasteiger partial charge in [-0.25, -0.2) is 14.8 Å². The molecule has 0 fully saturated rings. The number of rotatable bonds is 5. The van der Waals surface area contributed by atoms with Gasteiger partial charge in [-0.2, -0.15) is 13.2 Å². The minimum absolute atomic E-state index is 0.0520. The molecule has 1 aliphatic rings. The van der Waals surface area contributed by atoms with E-state index in [1.54, 1.807) is 12.1 Å². The van der Waals surface area contributed by atoms with Crippen molar-refractivity contribution in [3.05, 3.63) is 76.8 Å². The fourth-order valence-electron chi connectivity index (χ4n) is 3.97. The monoisotopic (exact) mass is 497 g/mol. The standard InChI is InChI=1S/C24H14F3N3O6/c1-35-15-8-6-12(11-7-9-17(24(25,26)27)28-18(11)15)20-29-19(23(33)34)16(36-20)10-30-21(31)13-4-2-3-5-14(13)22(30)32/h2-9H,10H2,1H3,(H,33,34). The van der Waals surface area contributed by atoms with Gasteiger partial charge < -0.3 is 14.3 Å². The second-order valence-corrected chi connectivity index (χ2v) is 7.74. The molecule has 36 heavy (non-hydrogen) atoms. The lowest BCUT2D eigenvalue weighted by molar-refractivity contribution is -0.140. The van der Waals surface area contributed by atoms with Crippen LogP contribution in [0.25, 0.3) is 22.4 Å². The van der Waals surface area contributed by atoms with Gasteiger partial charge >= 0.3 is 12.1 Å². The maximum Gasteiger partial charge on any atom is 0.433 e. The molecule has 2 aromatic carbocycles. The third-order valence-corrected chi connectivity index (χ3v) is 5.64. The van der Waals surface area contributed by atoms with Crippen LogP contribution >= 0.6 is 0 Å². The number of aromatic nitrogens is 2. The Hall–Kier alpha value is -4.74. The first kappa shape index (κ1) is 23.0. The number of carboxylic acids is 1. The number of nitrogens with zero attached hydrogens (tertiary/aromatic N) is 3. The molecule has 182 valence electrons. The van der Waals surface area contributed by atoms with Crippen molar-refractivity contribution in [3.63, 3.8) is 0 Å². The predicted octanol–water partition coefficient (Wildman–Crippen LogP) is 4.41. The highest BCUT2D eigenvalue weighted by molar-refractivity contribution is 6.21. The van der Waals surface area contributed by atoms with E-state index >= 15 is 0 Å². The Balaban J connectivity index is 1.60. The van der Waals surface area contributed by atoms with Gasteiger partial charge in [0.2, 0.25) is 5.89 Å². The molecule has 0 bridgehead atoms. The van der Waals surface area contributed by atoms with Gasteiger partial charge in [0, 0.05) is 10.9 Å². The van der Waals surface area contributed by atoms with Gasteiger partial charge in [0.05, 0.1) is 24.8 Å². The first-order chi connectivity index (χ1) is 17.1. The number of hydrogen-bond acceptors (Lipinski definition) is 7. The van der Waals surface area contributed by atoms with Gasteiger partial charge in [0.1, 0.15) is 17.0 Å². The number of hydrogen-bond donors (Lipinski definition) is 1. The minimum Gasteiger partial charge on any atom is -0.494 e. The van der Waals surface area contributed by atoms with Crippen molar-refractivity contribution >= 4 is 28.7 Å². The van der Waals surface area contributed by atoms with Crippen molar-refractivity contribution in [3.8, 4) is 17.2 Å². The van der Waals surface area contributed by atoms with E-state index in [4.69, 9.17) is 9.15 Å². The molecule has 0 aliphatic carbocycles. The first-order valence-electron chi connectivity index (χ1n) is 10.3. The number of ether oxygens (including phenoxy) is 1. The largest absolute Gasteiger partial charge is 0.494 e. The number of carbonyl (C=O) groups is 3. The number of benzene rings is 2. The highest BCUT2D eigenvalue weighted by Crippen LogP contribution is 2.37. The summed E-state index contributed by atoms with van der Waals surface area (Å²) < 4.78 is 50.5. The Morgan fingerprint density at radius 2 is 1.67 bits per heavy atom. The van der Waals surface area contributed by atoms with Crippen LogP contribution in [0.5, 0.6) is 5.75 Å². The Kier molecular flexibility index (Phi) is 5.23. The molecule has 1 N–H and O–H groups in total. The number of pyridine rings is 1. The van der Waals surface area contributed by atoms with E-state index in [1.165, 1.54) is 31.4 Å². The van der Waals surface area contributed by atoms with Crippen molar-refractivity contribution < 1.29 is 41.8 Å². The van der Waals surface area contributed by atoms with Gasteiger partial charge in [0.25, 0.3) is 11.8 Å². The molecule has 0 saturated carbocycles. The zero-order chi connectivity index (χ0) is 25.8. The Labute approximate surface area is 199 Å². The van der Waals surface area contributed by atoms with Crippen LogP contribution < -0.4 is 4.74 Å². The minimum atomic E-state index is -4.70. The molecule has 2 aromatic heterocycles. The number of aromatic carboxylic acids is 1. The summed E-state index contributed by atoms with van der Waals surface area (Å²) in [5.41, 5.74) is -1.34. The maximum atomic E-state index is 13.2. The van der Waals surface area contributed by atoms with E-state index in [9.17, 15) is 32.7 Å². The Morgan fingerprint density at radius 3 is 2.25 bits per heavy atom. The van der Waals surface area contributed by atoms with E-state index in [-0.39, 0.29) is 45.0 Å². The second kappa shape index (κ2) is 8.18. The second-order valence-electron chi connectivity index (χ2n) is 7.74. The lowest BCUT2D eigenvalue weighted by Crippen LogP contribution is -2.29. The van der Waals surface area contributed by atoms with Crippen molar-refractivity contribution in [2.24, 2.45) is 0 Å². The lowest BCUT2D eigenvalue weighted by atomic mass is 10.1. The molecule has 4 aromatic rings. The zero-order valence-electron chi connectivity index (χ0n) is 18.3. The van der Waals surface area contributed by atoms with E-state index in [2.05, 4.69) is 9.97 Å². The number of methoxy groups -OCH3 is 1. The number of fused-ring (bicyclic) bond motifs is 2. The summed E-state index contributed by atoms with van der Waals surface area (Å²) in [5, 5.41) is 9.82. The van der Waals surface area contributed by atoms with Gasteiger partial charge in [-0.1, -0.05) is 12.1 Å². The topological polar surface area (TPSA) is 123 Å². The molecule has 0 saturated heterocycles. The molecule has 12 heteroatoms. The van der Waals surface area contributed by atoms with Crippen molar-refractivity contribution in [2.45, 2.75) is 12.7 Å². The van der Waals surface area contributed by atoms with E-state index < -0.39 is 41.9 Å². The first-order valence-corrected chi connectivity index (χ1v) is 10.3. The number of imide groups is 1. The number of oxazole rings is 1. The van der Waals surface area contributed by atoms with Crippen molar-refractivity contribution in [1.82, 2.24) is 14.9 Å². The summed E-state index contributed by atoms with van der Waals surface area (Å²) in [5.74, 6) is -3.19. The lowest BCUT2D eigenvalue weighted by Gasteiger charge is -2.12. The van der Waals surface area contributed by atoms with Crippen LogP contribution in [0.15, 0.2) is 52.9 Å². The SMILES string of the molecule is COc1ccc(-c2nc(C(=O)O)c(CN3C(=O)c4ccccc4C3=O)o2)c2ccc(C(F)(F)F)nc12. The Bertz CT molecular complexity index is 1540. The average Bonchev–Trinajstić information content (AvgIpc) is 3.38. The van der Waals surface area contributed by atoms with E-state index in [0.717, 1.165) is 17.0 Å². The molecule has 0 unspecified atom stereocenters. The number of alkyl halides is 3. The fraction of sp³-hybridized carbons (Fsp3) is 0.125. The quantitative estimate of drug-likeness (QED) is 0.402. The van der Waals surface area contributed by atoms with Crippen LogP contribution in [-0.2, 0) is 12.7 Å². The predicted molar refractivity (Wildman–Crippen MR) is 116 cm³/mol. The number of carboxylic acid groups (broad SMARTS) is 1. The van der Waals surface area contributed by atoms with E-state index in [1.807, 2.05) is 0 Å². The van der Waals surface area contributed by atoms with E-state index in [0.29, 0.717) is 0 Å². The third kappa shape index (κ3) is 3.63. The van der Waals surface area contributed by atoms with Crippen LogP contribution in [0, 0.1) is 0 Å². The number of carbonyl (C=O) groups excluding carboxylic acids is 2. The van der Waals surface area contributed by atoms with Gasteiger partial charge in [-0.05, 0) is 36.4 Å². The summed E-state index contributed by atoms with van der Waals surface area (Å²) in [7, 11) is 1.27. The maximum absolute atomic E-state index is 13.2. The van der Waals surface area contributed by atoms with Crippen LogP contribution in [0.4, 0.5) is 13.2 Å². The highest BCUT2D eigenvalue weighted by Gasteiger charge is 2.37. The number of amides is 2.